The third-order valence-corrected chi connectivity index (χ3v) is 2.98. The summed E-state index contributed by atoms with van der Waals surface area (Å²) in [5.41, 5.74) is 0.0305. The van der Waals surface area contributed by atoms with E-state index in [1.807, 2.05) is 12.1 Å². The molecule has 1 aromatic carbocycles. The quantitative estimate of drug-likeness (QED) is 0.768. The van der Waals surface area contributed by atoms with Gasteiger partial charge in [0.05, 0.1) is 18.1 Å². The maximum absolute atomic E-state index is 11.8. The Kier molecular flexibility index (Phi) is 5.67. The van der Waals surface area contributed by atoms with Crippen LogP contribution in [-0.2, 0) is 9.53 Å². The third-order valence-electron chi connectivity index (χ3n) is 2.67. The van der Waals surface area contributed by atoms with E-state index < -0.39 is 0 Å². The maximum Gasteiger partial charge on any atom is 0.312 e. The Hall–Kier alpha value is -1.22. The van der Waals surface area contributed by atoms with Gasteiger partial charge in [-0.15, -0.1) is 0 Å². The van der Waals surface area contributed by atoms with E-state index in [0.29, 0.717) is 17.2 Å². The van der Waals surface area contributed by atoms with Crippen molar-refractivity contribution in [3.63, 3.8) is 0 Å². The van der Waals surface area contributed by atoms with Gasteiger partial charge in [0.15, 0.2) is 0 Å². The summed E-state index contributed by atoms with van der Waals surface area (Å²) < 4.78 is 10.5. The van der Waals surface area contributed by atoms with Crippen LogP contribution >= 0.6 is 11.6 Å². The number of hydrogen-bond acceptors (Lipinski definition) is 3. The Bertz CT molecular complexity index is 424. The third kappa shape index (κ3) is 5.52. The number of para-hydroxylation sites is 1. The zero-order chi connectivity index (χ0) is 14.5. The number of ether oxygens (including phenoxy) is 2. The van der Waals surface area contributed by atoms with Crippen molar-refractivity contribution in [3.05, 3.63) is 29.3 Å². The van der Waals surface area contributed by atoms with Crippen LogP contribution in [0.1, 0.15) is 27.2 Å². The Labute approximate surface area is 119 Å². The SMILES string of the molecule is COC(=O)C(COc1ccccc1Cl)CC(C)(C)C. The average Bonchev–Trinajstić information content (AvgIpc) is 2.34. The molecule has 0 N–H and O–H groups in total. The van der Waals surface area contributed by atoms with Crippen molar-refractivity contribution in [2.45, 2.75) is 27.2 Å². The molecule has 0 fully saturated rings. The number of methoxy groups -OCH3 is 1. The normalized spacial score (nSPS) is 12.9. The fourth-order valence-corrected chi connectivity index (χ4v) is 2.06. The Morgan fingerprint density at radius 3 is 2.47 bits per heavy atom. The van der Waals surface area contributed by atoms with Crippen LogP contribution in [0, 0.1) is 11.3 Å². The summed E-state index contributed by atoms with van der Waals surface area (Å²) in [6, 6.07) is 7.22. The topological polar surface area (TPSA) is 35.5 Å². The molecular weight excluding hydrogens is 264 g/mol. The lowest BCUT2D eigenvalue weighted by molar-refractivity contribution is -0.147. The van der Waals surface area contributed by atoms with E-state index in [4.69, 9.17) is 21.1 Å². The lowest BCUT2D eigenvalue weighted by Crippen LogP contribution is -2.27. The fourth-order valence-electron chi connectivity index (χ4n) is 1.87. The molecule has 0 heterocycles. The number of rotatable bonds is 5. The number of halogens is 1. The standard InChI is InChI=1S/C15H21ClO3/c1-15(2,3)9-11(14(17)18-4)10-19-13-8-6-5-7-12(13)16/h5-8,11H,9-10H2,1-4H3. The highest BCUT2D eigenvalue weighted by Gasteiger charge is 2.26. The van der Waals surface area contributed by atoms with Crippen LogP contribution in [0.3, 0.4) is 0 Å². The van der Waals surface area contributed by atoms with Crippen molar-refractivity contribution < 1.29 is 14.3 Å². The first-order valence-corrected chi connectivity index (χ1v) is 6.66. The molecule has 1 unspecified atom stereocenters. The average molecular weight is 285 g/mol. The summed E-state index contributed by atoms with van der Waals surface area (Å²) in [7, 11) is 1.40. The molecule has 4 heteroatoms. The minimum Gasteiger partial charge on any atom is -0.491 e. The van der Waals surface area contributed by atoms with Gasteiger partial charge in [0, 0.05) is 0 Å². The molecule has 1 rings (SSSR count). The summed E-state index contributed by atoms with van der Waals surface area (Å²) in [5.74, 6) is 0.0511. The molecule has 0 amide bonds. The van der Waals surface area contributed by atoms with Crippen molar-refractivity contribution in [1.82, 2.24) is 0 Å². The minimum atomic E-state index is -0.290. The van der Waals surface area contributed by atoms with Gasteiger partial charge in [-0.2, -0.15) is 0 Å². The van der Waals surface area contributed by atoms with Gasteiger partial charge < -0.3 is 9.47 Å². The number of hydrogen-bond donors (Lipinski definition) is 0. The predicted molar refractivity (Wildman–Crippen MR) is 76.5 cm³/mol. The Morgan fingerprint density at radius 1 is 1.32 bits per heavy atom. The van der Waals surface area contributed by atoms with Crippen molar-refractivity contribution in [2.75, 3.05) is 13.7 Å². The molecule has 106 valence electrons. The second kappa shape index (κ2) is 6.80. The minimum absolute atomic E-state index is 0.0305. The van der Waals surface area contributed by atoms with E-state index in [1.165, 1.54) is 7.11 Å². The van der Waals surface area contributed by atoms with Crippen LogP contribution in [0.15, 0.2) is 24.3 Å². The van der Waals surface area contributed by atoms with E-state index in [-0.39, 0.29) is 23.9 Å². The van der Waals surface area contributed by atoms with Crippen LogP contribution in [-0.4, -0.2) is 19.7 Å². The number of benzene rings is 1. The lowest BCUT2D eigenvalue weighted by atomic mass is 9.85. The van der Waals surface area contributed by atoms with E-state index in [9.17, 15) is 4.79 Å². The molecular formula is C15H21ClO3. The first-order chi connectivity index (χ1) is 8.83. The van der Waals surface area contributed by atoms with Gasteiger partial charge >= 0.3 is 5.97 Å². The summed E-state index contributed by atoms with van der Waals surface area (Å²) >= 11 is 6.01. The number of carbonyl (C=O) groups is 1. The summed E-state index contributed by atoms with van der Waals surface area (Å²) in [4.78, 5) is 11.8. The Balaban J connectivity index is 2.68. The number of carbonyl (C=O) groups excluding carboxylic acids is 1. The second-order valence-electron chi connectivity index (χ2n) is 5.73. The van der Waals surface area contributed by atoms with Crippen molar-refractivity contribution in [3.8, 4) is 5.75 Å². The molecule has 0 radical (unpaired) electrons. The molecule has 0 saturated heterocycles. The van der Waals surface area contributed by atoms with Crippen LogP contribution in [0.2, 0.25) is 5.02 Å². The van der Waals surface area contributed by atoms with E-state index in [2.05, 4.69) is 20.8 Å². The summed E-state index contributed by atoms with van der Waals surface area (Å²) in [5, 5.41) is 0.543. The molecule has 0 aliphatic carbocycles. The molecule has 0 aliphatic heterocycles. The predicted octanol–water partition coefficient (Wildman–Crippen LogP) is 3.94. The molecule has 1 atom stereocenters. The molecule has 0 aromatic heterocycles. The first kappa shape index (κ1) is 15.8. The fraction of sp³-hybridized carbons (Fsp3) is 0.533. The number of esters is 1. The molecule has 0 bridgehead atoms. The van der Waals surface area contributed by atoms with Crippen LogP contribution in [0.5, 0.6) is 5.75 Å². The lowest BCUT2D eigenvalue weighted by Gasteiger charge is -2.24. The van der Waals surface area contributed by atoms with Crippen LogP contribution < -0.4 is 4.74 Å². The van der Waals surface area contributed by atoms with Crippen molar-refractivity contribution >= 4 is 17.6 Å². The van der Waals surface area contributed by atoms with E-state index in [1.54, 1.807) is 12.1 Å². The Morgan fingerprint density at radius 2 is 1.95 bits per heavy atom. The zero-order valence-electron chi connectivity index (χ0n) is 11.9. The highest BCUT2D eigenvalue weighted by molar-refractivity contribution is 6.32. The van der Waals surface area contributed by atoms with E-state index in [0.717, 1.165) is 0 Å². The van der Waals surface area contributed by atoms with E-state index >= 15 is 0 Å². The molecule has 19 heavy (non-hydrogen) atoms. The van der Waals surface area contributed by atoms with Crippen molar-refractivity contribution in [1.29, 1.82) is 0 Å². The van der Waals surface area contributed by atoms with Crippen LogP contribution in [0.25, 0.3) is 0 Å². The van der Waals surface area contributed by atoms with Crippen LogP contribution in [0.4, 0.5) is 0 Å². The summed E-state index contributed by atoms with van der Waals surface area (Å²) in [6.07, 6.45) is 0.699. The van der Waals surface area contributed by atoms with Gasteiger partial charge in [0.1, 0.15) is 12.4 Å². The highest BCUT2D eigenvalue weighted by Crippen LogP contribution is 2.28. The van der Waals surface area contributed by atoms with Gasteiger partial charge in [-0.25, -0.2) is 0 Å². The summed E-state index contributed by atoms with van der Waals surface area (Å²) in [6.45, 7) is 6.52. The molecule has 0 aliphatic rings. The van der Waals surface area contributed by atoms with Crippen molar-refractivity contribution in [2.24, 2.45) is 11.3 Å². The van der Waals surface area contributed by atoms with Gasteiger partial charge in [-0.1, -0.05) is 44.5 Å². The molecule has 0 spiro atoms. The highest BCUT2D eigenvalue weighted by atomic mass is 35.5. The smallest absolute Gasteiger partial charge is 0.312 e. The molecule has 1 aromatic rings. The second-order valence-corrected chi connectivity index (χ2v) is 6.13. The largest absolute Gasteiger partial charge is 0.491 e. The van der Waals surface area contributed by atoms with Gasteiger partial charge in [0.2, 0.25) is 0 Å². The zero-order valence-corrected chi connectivity index (χ0v) is 12.7. The van der Waals surface area contributed by atoms with Gasteiger partial charge in [-0.05, 0) is 24.0 Å². The van der Waals surface area contributed by atoms with Gasteiger partial charge in [0.25, 0.3) is 0 Å². The molecule has 0 saturated carbocycles. The first-order valence-electron chi connectivity index (χ1n) is 6.28. The van der Waals surface area contributed by atoms with Gasteiger partial charge in [-0.3, -0.25) is 4.79 Å². The maximum atomic E-state index is 11.8. The monoisotopic (exact) mass is 284 g/mol. The molecule has 3 nitrogen and oxygen atoms in total.